The maximum absolute atomic E-state index is 12.8. The van der Waals surface area contributed by atoms with Gasteiger partial charge in [-0.05, 0) is 17.7 Å². The molecule has 0 saturated carbocycles. The average Bonchev–Trinajstić information content (AvgIpc) is 2.83. The molecule has 1 fully saturated rings. The molecular formula is C23H26N4O4. The zero-order valence-electron chi connectivity index (χ0n) is 17.7. The molecule has 2 aliphatic heterocycles. The predicted molar refractivity (Wildman–Crippen MR) is 117 cm³/mol. The predicted octanol–water partition coefficient (Wildman–Crippen LogP) is 1.83. The third-order valence-corrected chi connectivity index (χ3v) is 5.69. The van der Waals surface area contributed by atoms with Gasteiger partial charge in [0.15, 0.2) is 5.92 Å². The SMILES string of the molecule is COC(=O)[C@@H]1C(=O)NC(N2CCN(c3cccc(OC)c3)CC2)=N[C@@H]1c1ccccc1. The standard InChI is InChI=1S/C23H26N4O4/c1-30-18-10-6-9-17(15-18)26-11-13-27(14-12-26)23-24-20(16-7-4-3-5-8-16)19(21(28)25-23)22(29)31-2/h3-10,15,19-20H,11-14H2,1-2H3,(H,24,25,28)/t19-,20+/m0/s1. The summed E-state index contributed by atoms with van der Waals surface area (Å²) in [5.74, 6) is -0.653. The van der Waals surface area contributed by atoms with E-state index in [4.69, 9.17) is 14.5 Å². The molecule has 8 nitrogen and oxygen atoms in total. The Kier molecular flexibility index (Phi) is 6.06. The van der Waals surface area contributed by atoms with Crippen molar-refractivity contribution >= 4 is 23.5 Å². The second kappa shape index (κ2) is 9.07. The molecule has 8 heteroatoms. The quantitative estimate of drug-likeness (QED) is 0.598. The minimum absolute atomic E-state index is 0.388. The number of carbonyl (C=O) groups excluding carboxylic acids is 2. The lowest BCUT2D eigenvalue weighted by Gasteiger charge is -2.39. The zero-order chi connectivity index (χ0) is 21.8. The Labute approximate surface area is 181 Å². The first kappa shape index (κ1) is 20.7. The van der Waals surface area contributed by atoms with Gasteiger partial charge in [-0.2, -0.15) is 0 Å². The van der Waals surface area contributed by atoms with Gasteiger partial charge in [-0.3, -0.25) is 14.9 Å². The summed E-state index contributed by atoms with van der Waals surface area (Å²) in [5.41, 5.74) is 1.90. The van der Waals surface area contributed by atoms with E-state index in [1.54, 1.807) is 7.11 Å². The first-order valence-corrected chi connectivity index (χ1v) is 10.3. The van der Waals surface area contributed by atoms with Gasteiger partial charge in [0.1, 0.15) is 11.8 Å². The lowest BCUT2D eigenvalue weighted by Crippen LogP contribution is -2.57. The van der Waals surface area contributed by atoms with Gasteiger partial charge in [-0.1, -0.05) is 36.4 Å². The fraction of sp³-hybridized carbons (Fsp3) is 0.348. The van der Waals surface area contributed by atoms with Gasteiger partial charge in [0.25, 0.3) is 0 Å². The van der Waals surface area contributed by atoms with Crippen LogP contribution >= 0.6 is 0 Å². The van der Waals surface area contributed by atoms with Crippen LogP contribution in [0.5, 0.6) is 5.75 Å². The van der Waals surface area contributed by atoms with E-state index < -0.39 is 17.9 Å². The van der Waals surface area contributed by atoms with E-state index in [9.17, 15) is 9.59 Å². The molecule has 2 aromatic rings. The maximum atomic E-state index is 12.8. The topological polar surface area (TPSA) is 83.5 Å². The number of hydrogen-bond acceptors (Lipinski definition) is 7. The largest absolute Gasteiger partial charge is 0.497 e. The normalized spacial score (nSPS) is 21.2. The molecule has 31 heavy (non-hydrogen) atoms. The third-order valence-electron chi connectivity index (χ3n) is 5.69. The summed E-state index contributed by atoms with van der Waals surface area (Å²) in [5, 5.41) is 2.82. The molecule has 1 amide bonds. The van der Waals surface area contributed by atoms with Gasteiger partial charge in [0.2, 0.25) is 11.9 Å². The Morgan fingerprint density at radius 3 is 2.39 bits per heavy atom. The van der Waals surface area contributed by atoms with Crippen molar-refractivity contribution in [3.05, 3.63) is 60.2 Å². The number of nitrogens with one attached hydrogen (secondary N) is 1. The summed E-state index contributed by atoms with van der Waals surface area (Å²) in [7, 11) is 2.94. The molecule has 2 atom stereocenters. The molecule has 2 aromatic carbocycles. The first-order valence-electron chi connectivity index (χ1n) is 10.3. The number of methoxy groups -OCH3 is 2. The Morgan fingerprint density at radius 1 is 1.00 bits per heavy atom. The van der Waals surface area contributed by atoms with Crippen molar-refractivity contribution in [2.75, 3.05) is 45.3 Å². The highest BCUT2D eigenvalue weighted by Gasteiger charge is 2.41. The number of amides is 1. The summed E-state index contributed by atoms with van der Waals surface area (Å²) in [6.45, 7) is 2.94. The maximum Gasteiger partial charge on any atom is 0.320 e. The van der Waals surface area contributed by atoms with Crippen LogP contribution < -0.4 is 15.0 Å². The minimum Gasteiger partial charge on any atom is -0.497 e. The van der Waals surface area contributed by atoms with Crippen LogP contribution in [0.4, 0.5) is 5.69 Å². The summed E-state index contributed by atoms with van der Waals surface area (Å²) < 4.78 is 10.2. The van der Waals surface area contributed by atoms with Crippen LogP contribution in [-0.2, 0) is 14.3 Å². The molecule has 1 N–H and O–H groups in total. The van der Waals surface area contributed by atoms with Gasteiger partial charge in [-0.25, -0.2) is 4.99 Å². The number of esters is 1. The van der Waals surface area contributed by atoms with Gasteiger partial charge in [0.05, 0.1) is 14.2 Å². The lowest BCUT2D eigenvalue weighted by molar-refractivity contribution is -0.151. The van der Waals surface area contributed by atoms with Gasteiger partial charge in [0, 0.05) is 37.9 Å². The Bertz CT molecular complexity index is 971. The highest BCUT2D eigenvalue weighted by atomic mass is 16.5. The van der Waals surface area contributed by atoms with Crippen molar-refractivity contribution in [3.63, 3.8) is 0 Å². The smallest absolute Gasteiger partial charge is 0.320 e. The molecule has 4 rings (SSSR count). The van der Waals surface area contributed by atoms with Crippen LogP contribution in [-0.4, -0.2) is 63.1 Å². The number of nitrogens with zero attached hydrogens (tertiary/aromatic N) is 3. The van der Waals surface area contributed by atoms with Crippen LogP contribution in [0.2, 0.25) is 0 Å². The van der Waals surface area contributed by atoms with Gasteiger partial charge in [-0.15, -0.1) is 0 Å². The number of guanidine groups is 1. The summed E-state index contributed by atoms with van der Waals surface area (Å²) in [6.07, 6.45) is 0. The molecular weight excluding hydrogens is 396 g/mol. The zero-order valence-corrected chi connectivity index (χ0v) is 17.7. The number of carbonyl (C=O) groups is 2. The van der Waals surface area contributed by atoms with Crippen molar-refractivity contribution in [2.45, 2.75) is 6.04 Å². The van der Waals surface area contributed by atoms with E-state index in [1.807, 2.05) is 48.5 Å². The van der Waals surface area contributed by atoms with Crippen LogP contribution in [0.15, 0.2) is 59.6 Å². The number of rotatable bonds is 4. The Balaban J connectivity index is 1.53. The molecule has 162 valence electrons. The number of ether oxygens (including phenoxy) is 2. The number of benzene rings is 2. The monoisotopic (exact) mass is 422 g/mol. The number of anilines is 1. The average molecular weight is 422 g/mol. The van der Waals surface area contributed by atoms with Crippen molar-refractivity contribution in [1.82, 2.24) is 10.2 Å². The van der Waals surface area contributed by atoms with Crippen LogP contribution in [0.25, 0.3) is 0 Å². The first-order chi connectivity index (χ1) is 15.1. The Hall–Kier alpha value is -3.55. The van der Waals surface area contributed by atoms with E-state index in [-0.39, 0.29) is 5.91 Å². The fourth-order valence-corrected chi connectivity index (χ4v) is 3.99. The number of piperazine rings is 1. The summed E-state index contributed by atoms with van der Waals surface area (Å²) in [4.78, 5) is 34.3. The second-order valence-corrected chi connectivity index (χ2v) is 7.47. The van der Waals surface area contributed by atoms with Crippen molar-refractivity contribution in [2.24, 2.45) is 10.9 Å². The molecule has 2 aliphatic rings. The van der Waals surface area contributed by atoms with Crippen molar-refractivity contribution < 1.29 is 19.1 Å². The molecule has 0 radical (unpaired) electrons. The van der Waals surface area contributed by atoms with Crippen LogP contribution in [0.3, 0.4) is 0 Å². The highest BCUT2D eigenvalue weighted by molar-refractivity contribution is 6.08. The highest BCUT2D eigenvalue weighted by Crippen LogP contribution is 2.31. The fourth-order valence-electron chi connectivity index (χ4n) is 3.99. The molecule has 0 spiro atoms. The van der Waals surface area contributed by atoms with Gasteiger partial charge >= 0.3 is 5.97 Å². The summed E-state index contributed by atoms with van der Waals surface area (Å²) in [6, 6.07) is 16.7. The Morgan fingerprint density at radius 2 is 1.71 bits per heavy atom. The van der Waals surface area contributed by atoms with Crippen LogP contribution in [0.1, 0.15) is 11.6 Å². The molecule has 0 aliphatic carbocycles. The van der Waals surface area contributed by atoms with Crippen molar-refractivity contribution in [1.29, 1.82) is 0 Å². The molecule has 0 unspecified atom stereocenters. The summed E-state index contributed by atoms with van der Waals surface area (Å²) >= 11 is 0. The van der Waals surface area contributed by atoms with Gasteiger partial charge < -0.3 is 19.3 Å². The van der Waals surface area contributed by atoms with E-state index in [2.05, 4.69) is 21.2 Å². The molecule has 1 saturated heterocycles. The van der Waals surface area contributed by atoms with E-state index in [0.29, 0.717) is 19.0 Å². The number of aliphatic imine (C=N–C) groups is 1. The minimum atomic E-state index is -1.01. The van der Waals surface area contributed by atoms with E-state index in [0.717, 1.165) is 30.1 Å². The molecule has 0 bridgehead atoms. The van der Waals surface area contributed by atoms with Crippen LogP contribution in [0, 0.1) is 5.92 Å². The number of hydrogen-bond donors (Lipinski definition) is 1. The third kappa shape index (κ3) is 4.33. The van der Waals surface area contributed by atoms with Crippen molar-refractivity contribution in [3.8, 4) is 5.75 Å². The van der Waals surface area contributed by atoms with E-state index >= 15 is 0 Å². The molecule has 2 heterocycles. The lowest BCUT2D eigenvalue weighted by atomic mass is 9.91. The molecule has 0 aromatic heterocycles. The van der Waals surface area contributed by atoms with E-state index in [1.165, 1.54) is 7.11 Å². The second-order valence-electron chi connectivity index (χ2n) is 7.47.